The summed E-state index contributed by atoms with van der Waals surface area (Å²) in [6.45, 7) is 4.59. The van der Waals surface area contributed by atoms with E-state index in [-0.39, 0.29) is 12.0 Å². The standard InChI is InChI=1S/C12H20N2O2.C2H2O4/c1-11(15)13(2)7-3-4-8-14-9-5-12(16)6-10-14;3-1(4)2(5)6/h12,16H,5-10H2,1-2H3;(H,3,4)(H,5,6). The van der Waals surface area contributed by atoms with Gasteiger partial charge in [0.1, 0.15) is 0 Å². The summed E-state index contributed by atoms with van der Waals surface area (Å²) >= 11 is 0. The molecule has 0 bridgehead atoms. The highest BCUT2D eigenvalue weighted by Gasteiger charge is 2.15. The van der Waals surface area contributed by atoms with Crippen molar-refractivity contribution >= 4 is 17.8 Å². The minimum atomic E-state index is -1.82. The van der Waals surface area contributed by atoms with E-state index >= 15 is 0 Å². The van der Waals surface area contributed by atoms with Crippen LogP contribution in [0.4, 0.5) is 0 Å². The Morgan fingerprint density at radius 3 is 2.05 bits per heavy atom. The summed E-state index contributed by atoms with van der Waals surface area (Å²) in [6.07, 6.45) is 1.55. The first-order valence-corrected chi connectivity index (χ1v) is 6.78. The lowest BCUT2D eigenvalue weighted by atomic mass is 10.1. The number of carboxylic acids is 2. The fourth-order valence-corrected chi connectivity index (χ4v) is 1.53. The Kier molecular flexibility index (Phi) is 9.58. The van der Waals surface area contributed by atoms with Crippen LogP contribution in [0.1, 0.15) is 19.8 Å². The van der Waals surface area contributed by atoms with Crippen LogP contribution in [0, 0.1) is 11.8 Å². The number of hydrogen-bond acceptors (Lipinski definition) is 5. The molecule has 0 aromatic rings. The van der Waals surface area contributed by atoms with Crippen molar-refractivity contribution in [3.8, 4) is 11.8 Å². The molecule has 0 saturated carbocycles. The van der Waals surface area contributed by atoms with Crippen LogP contribution in [0.15, 0.2) is 0 Å². The minimum Gasteiger partial charge on any atom is -0.473 e. The molecule has 0 aromatic carbocycles. The topological polar surface area (TPSA) is 118 Å². The second-order valence-corrected chi connectivity index (χ2v) is 4.85. The molecule has 1 saturated heterocycles. The van der Waals surface area contributed by atoms with Crippen molar-refractivity contribution in [2.24, 2.45) is 0 Å². The van der Waals surface area contributed by atoms with Crippen molar-refractivity contribution in [3.63, 3.8) is 0 Å². The number of piperidine rings is 1. The third-order valence-electron chi connectivity index (χ3n) is 3.02. The van der Waals surface area contributed by atoms with Gasteiger partial charge in [-0.15, -0.1) is 0 Å². The summed E-state index contributed by atoms with van der Waals surface area (Å²) in [5.74, 6) is 2.42. The fourth-order valence-electron chi connectivity index (χ4n) is 1.53. The molecule has 124 valence electrons. The second-order valence-electron chi connectivity index (χ2n) is 4.85. The Bertz CT molecular complexity index is 434. The molecule has 0 atom stereocenters. The number of aliphatic hydroxyl groups excluding tert-OH is 1. The van der Waals surface area contributed by atoms with Gasteiger partial charge in [-0.2, -0.15) is 0 Å². The largest absolute Gasteiger partial charge is 0.473 e. The number of nitrogens with zero attached hydrogens (tertiary/aromatic N) is 2. The third-order valence-corrected chi connectivity index (χ3v) is 3.02. The number of aliphatic hydroxyl groups is 1. The zero-order valence-corrected chi connectivity index (χ0v) is 12.8. The van der Waals surface area contributed by atoms with Crippen molar-refractivity contribution in [1.82, 2.24) is 9.80 Å². The highest BCUT2D eigenvalue weighted by Crippen LogP contribution is 2.08. The van der Waals surface area contributed by atoms with Gasteiger partial charge in [-0.3, -0.25) is 9.69 Å². The molecule has 1 amide bonds. The van der Waals surface area contributed by atoms with E-state index in [1.807, 2.05) is 0 Å². The molecule has 0 spiro atoms. The van der Waals surface area contributed by atoms with E-state index in [0.29, 0.717) is 6.54 Å². The SMILES string of the molecule is CC(=O)N(C)CC#CCN1CCC(O)CC1.O=C(O)C(=O)O. The van der Waals surface area contributed by atoms with Gasteiger partial charge < -0.3 is 20.2 Å². The van der Waals surface area contributed by atoms with Gasteiger partial charge in [-0.05, 0) is 12.8 Å². The van der Waals surface area contributed by atoms with Crippen LogP contribution in [-0.4, -0.2) is 82.3 Å². The van der Waals surface area contributed by atoms with E-state index in [1.54, 1.807) is 11.9 Å². The highest BCUT2D eigenvalue weighted by molar-refractivity contribution is 6.27. The number of carbonyl (C=O) groups is 3. The van der Waals surface area contributed by atoms with Crippen LogP contribution < -0.4 is 0 Å². The predicted molar refractivity (Wildman–Crippen MR) is 78.0 cm³/mol. The predicted octanol–water partition coefficient (Wildman–Crippen LogP) is -0.920. The molecule has 0 unspecified atom stereocenters. The number of carboxylic acid groups (broad SMARTS) is 2. The molecule has 8 nitrogen and oxygen atoms in total. The maximum Gasteiger partial charge on any atom is 0.414 e. The summed E-state index contributed by atoms with van der Waals surface area (Å²) in [7, 11) is 1.74. The van der Waals surface area contributed by atoms with Gasteiger partial charge in [0, 0.05) is 27.1 Å². The Hall–Kier alpha value is -2.11. The van der Waals surface area contributed by atoms with Crippen molar-refractivity contribution in [2.75, 3.05) is 33.2 Å². The van der Waals surface area contributed by atoms with Gasteiger partial charge in [0.2, 0.25) is 5.91 Å². The van der Waals surface area contributed by atoms with Gasteiger partial charge in [-0.1, -0.05) is 11.8 Å². The molecule has 22 heavy (non-hydrogen) atoms. The van der Waals surface area contributed by atoms with Crippen LogP contribution >= 0.6 is 0 Å². The van der Waals surface area contributed by atoms with Crippen LogP contribution in [0.5, 0.6) is 0 Å². The molecular weight excluding hydrogens is 292 g/mol. The fraction of sp³-hybridized carbons (Fsp3) is 0.643. The Morgan fingerprint density at radius 1 is 1.14 bits per heavy atom. The Morgan fingerprint density at radius 2 is 1.64 bits per heavy atom. The molecule has 1 heterocycles. The van der Waals surface area contributed by atoms with E-state index in [4.69, 9.17) is 19.8 Å². The Balaban J connectivity index is 0.000000626. The normalized spacial score (nSPS) is 14.9. The highest BCUT2D eigenvalue weighted by atomic mass is 16.4. The van der Waals surface area contributed by atoms with Gasteiger partial charge >= 0.3 is 11.9 Å². The van der Waals surface area contributed by atoms with E-state index in [0.717, 1.165) is 32.5 Å². The van der Waals surface area contributed by atoms with Crippen LogP contribution in [0.3, 0.4) is 0 Å². The van der Waals surface area contributed by atoms with E-state index < -0.39 is 11.9 Å². The van der Waals surface area contributed by atoms with E-state index in [2.05, 4.69) is 16.7 Å². The van der Waals surface area contributed by atoms with Crippen LogP contribution in [-0.2, 0) is 14.4 Å². The van der Waals surface area contributed by atoms with Crippen LogP contribution in [0.2, 0.25) is 0 Å². The molecule has 0 aromatic heterocycles. The van der Waals surface area contributed by atoms with Gasteiger partial charge in [0.25, 0.3) is 0 Å². The minimum absolute atomic E-state index is 0.0374. The average molecular weight is 314 g/mol. The first-order valence-electron chi connectivity index (χ1n) is 6.78. The summed E-state index contributed by atoms with van der Waals surface area (Å²) < 4.78 is 0. The quantitative estimate of drug-likeness (QED) is 0.445. The van der Waals surface area contributed by atoms with Crippen LogP contribution in [0.25, 0.3) is 0 Å². The average Bonchev–Trinajstić information content (AvgIpc) is 2.45. The van der Waals surface area contributed by atoms with Gasteiger partial charge in [0.05, 0.1) is 19.2 Å². The molecule has 1 aliphatic heterocycles. The molecule has 1 fully saturated rings. The molecule has 0 radical (unpaired) electrons. The monoisotopic (exact) mass is 314 g/mol. The number of hydrogen-bond donors (Lipinski definition) is 3. The Labute approximate surface area is 129 Å². The lowest BCUT2D eigenvalue weighted by Gasteiger charge is -2.27. The zero-order valence-electron chi connectivity index (χ0n) is 12.8. The lowest BCUT2D eigenvalue weighted by Crippen LogP contribution is -2.36. The molecule has 8 heteroatoms. The molecule has 1 aliphatic rings. The van der Waals surface area contributed by atoms with Crippen molar-refractivity contribution in [1.29, 1.82) is 0 Å². The number of amides is 1. The molecule has 3 N–H and O–H groups in total. The molecular formula is C14H22N2O6. The maximum absolute atomic E-state index is 10.9. The molecule has 0 aliphatic carbocycles. The molecule has 1 rings (SSSR count). The van der Waals surface area contributed by atoms with Gasteiger partial charge in [-0.25, -0.2) is 9.59 Å². The first kappa shape index (κ1) is 19.9. The summed E-state index contributed by atoms with van der Waals surface area (Å²) in [6, 6.07) is 0. The summed E-state index contributed by atoms with van der Waals surface area (Å²) in [4.78, 5) is 32.9. The van der Waals surface area contributed by atoms with Gasteiger partial charge in [0.15, 0.2) is 0 Å². The van der Waals surface area contributed by atoms with Crippen molar-refractivity contribution in [3.05, 3.63) is 0 Å². The number of likely N-dealkylation sites (tertiary alicyclic amines) is 1. The first-order chi connectivity index (χ1) is 10.2. The number of carbonyl (C=O) groups excluding carboxylic acids is 1. The third kappa shape index (κ3) is 9.74. The van der Waals surface area contributed by atoms with E-state index in [9.17, 15) is 9.90 Å². The van der Waals surface area contributed by atoms with E-state index in [1.165, 1.54) is 6.92 Å². The summed E-state index contributed by atoms with van der Waals surface area (Å²) in [5.41, 5.74) is 0. The maximum atomic E-state index is 10.9. The van der Waals surface area contributed by atoms with Crippen molar-refractivity contribution < 1.29 is 29.7 Å². The second kappa shape index (κ2) is 10.6. The summed E-state index contributed by atoms with van der Waals surface area (Å²) in [5, 5.41) is 24.1. The smallest absolute Gasteiger partial charge is 0.414 e. The number of aliphatic carboxylic acids is 2. The zero-order chi connectivity index (χ0) is 17.1. The number of rotatable bonds is 2. The van der Waals surface area contributed by atoms with Crippen molar-refractivity contribution in [2.45, 2.75) is 25.9 Å². The lowest BCUT2D eigenvalue weighted by molar-refractivity contribution is -0.159.